The molecule has 11 nitrogen and oxygen atoms in total. The summed E-state index contributed by atoms with van der Waals surface area (Å²) in [6.45, 7) is 1.47. The van der Waals surface area contributed by atoms with Crippen LogP contribution >= 0.6 is 48.0 Å². The zero-order valence-corrected chi connectivity index (χ0v) is 29.6. The molecule has 4 N–H and O–H groups in total. The molecule has 15 heteroatoms. The predicted molar refractivity (Wildman–Crippen MR) is 197 cm³/mol. The molecule has 0 atom stereocenters. The van der Waals surface area contributed by atoms with Crippen molar-refractivity contribution < 1.29 is 23.9 Å². The second-order valence-corrected chi connectivity index (χ2v) is 11.1. The first-order valence-corrected chi connectivity index (χ1v) is 15.0. The number of rotatable bonds is 10. The van der Waals surface area contributed by atoms with E-state index in [1.54, 1.807) is 68.0 Å². The number of aryl methyl sites for hydroxylation is 1. The number of nitrogens with two attached hydrogens (primary N) is 1. The van der Waals surface area contributed by atoms with Gasteiger partial charge in [0.15, 0.2) is 0 Å². The molecule has 0 saturated heterocycles. The molecule has 0 saturated carbocycles. The maximum absolute atomic E-state index is 13.1. The molecule has 0 bridgehead atoms. The molecule has 4 amide bonds. The van der Waals surface area contributed by atoms with E-state index in [0.717, 1.165) is 11.1 Å². The smallest absolute Gasteiger partial charge is 0.319 e. The lowest BCUT2D eigenvalue weighted by Gasteiger charge is -2.21. The van der Waals surface area contributed by atoms with Gasteiger partial charge in [-0.25, -0.2) is 9.78 Å². The highest BCUT2D eigenvalue weighted by molar-refractivity contribution is 6.38. The van der Waals surface area contributed by atoms with Crippen LogP contribution in [0.25, 0.3) is 22.0 Å². The number of fused-ring (bicyclic) bond motifs is 1. The number of nitrogens with zero attached hydrogens (tertiary/aromatic N) is 3. The number of ether oxygens (including phenoxy) is 2. The molecule has 5 aromatic rings. The van der Waals surface area contributed by atoms with E-state index >= 15 is 0 Å². The zero-order valence-electron chi connectivity index (χ0n) is 26.5. The van der Waals surface area contributed by atoms with E-state index in [1.165, 1.54) is 11.9 Å². The summed E-state index contributed by atoms with van der Waals surface area (Å²) in [5.74, 6) is -0.0253. The van der Waals surface area contributed by atoms with Crippen LogP contribution in [0.4, 0.5) is 16.2 Å². The molecule has 0 aliphatic rings. The number of para-hydroxylation sites is 1. The minimum Gasteiger partial charge on any atom is -0.496 e. The van der Waals surface area contributed by atoms with E-state index in [0.29, 0.717) is 44.4 Å². The number of urea groups is 1. The summed E-state index contributed by atoms with van der Waals surface area (Å²) in [4.78, 5) is 48.2. The summed E-state index contributed by atoms with van der Waals surface area (Å²) in [5, 5.41) is 6.47. The van der Waals surface area contributed by atoms with Crippen LogP contribution in [-0.4, -0.2) is 48.5 Å². The van der Waals surface area contributed by atoms with Gasteiger partial charge in [-0.3, -0.25) is 14.6 Å². The van der Waals surface area contributed by atoms with Gasteiger partial charge in [0.05, 0.1) is 35.6 Å². The Balaban J connectivity index is 0.00000325. The summed E-state index contributed by atoms with van der Waals surface area (Å²) in [6, 6.07) is 18.2. The Morgan fingerprint density at radius 1 is 0.959 bits per heavy atom. The first kappa shape index (κ1) is 38.6. The van der Waals surface area contributed by atoms with Gasteiger partial charge in [0.1, 0.15) is 23.6 Å². The van der Waals surface area contributed by atoms with Crippen LogP contribution in [0.5, 0.6) is 11.5 Å². The topological polar surface area (TPSA) is 149 Å². The monoisotopic (exact) mass is 744 g/mol. The van der Waals surface area contributed by atoms with Gasteiger partial charge in [0.25, 0.3) is 5.91 Å². The van der Waals surface area contributed by atoms with Gasteiger partial charge >= 0.3 is 6.03 Å². The Morgan fingerprint density at radius 2 is 1.67 bits per heavy atom. The van der Waals surface area contributed by atoms with Crippen molar-refractivity contribution in [3.63, 3.8) is 0 Å². The molecule has 0 unspecified atom stereocenters. The maximum atomic E-state index is 13.1. The summed E-state index contributed by atoms with van der Waals surface area (Å²) in [7, 11) is 3.12. The second kappa shape index (κ2) is 17.0. The number of carbonyl (C=O) groups excluding carboxylic acids is 3. The Morgan fingerprint density at radius 3 is 2.37 bits per heavy atom. The largest absolute Gasteiger partial charge is 0.496 e. The SMILES string of the molecule is COc1cc(C)nc2c(OCc3c(Cl)ccc(N(C)C(=O)CNC(=O)Nc4cccc(-c5ccncc5)c4C(N)=O)c3Cl)cccc12.Cl.Cl. The van der Waals surface area contributed by atoms with Crippen LogP contribution in [0.3, 0.4) is 0 Å². The number of aromatic nitrogens is 2. The van der Waals surface area contributed by atoms with Crippen LogP contribution in [0, 0.1) is 6.92 Å². The lowest BCUT2D eigenvalue weighted by molar-refractivity contribution is -0.117. The van der Waals surface area contributed by atoms with Crippen molar-refractivity contribution in [2.45, 2.75) is 13.5 Å². The number of amides is 4. The van der Waals surface area contributed by atoms with Crippen molar-refractivity contribution in [1.82, 2.24) is 15.3 Å². The molecule has 0 spiro atoms. The number of methoxy groups -OCH3 is 1. The standard InChI is InChI=1S/C34H30Cl2N6O5.2ClH/c1-19-16-28(46-3)22-7-5-9-27(32(22)40-19)47-18-23-24(35)10-11-26(31(23)36)42(2)29(43)17-39-34(45)41-25-8-4-6-21(30(25)33(37)44)20-12-14-38-15-13-20;;/h4-16H,17-18H2,1-3H3,(H2,37,44)(H2,39,41,45);2*1H. The molecule has 5 rings (SSSR count). The van der Waals surface area contributed by atoms with Crippen molar-refractivity contribution in [2.24, 2.45) is 5.73 Å². The summed E-state index contributed by atoms with van der Waals surface area (Å²) < 4.78 is 11.6. The first-order valence-electron chi connectivity index (χ1n) is 14.3. The third-order valence-corrected chi connectivity index (χ3v) is 8.11. The third-order valence-electron chi connectivity index (χ3n) is 7.34. The molecule has 49 heavy (non-hydrogen) atoms. The van der Waals surface area contributed by atoms with E-state index in [4.69, 9.17) is 38.4 Å². The highest BCUT2D eigenvalue weighted by Gasteiger charge is 2.21. The van der Waals surface area contributed by atoms with E-state index in [2.05, 4.69) is 20.6 Å². The number of benzene rings is 3. The third kappa shape index (κ3) is 8.62. The second-order valence-electron chi connectivity index (χ2n) is 10.4. The molecule has 0 radical (unpaired) electrons. The zero-order chi connectivity index (χ0) is 33.7. The quantitative estimate of drug-likeness (QED) is 0.137. The average molecular weight is 746 g/mol. The molecule has 256 valence electrons. The normalized spacial score (nSPS) is 10.3. The minimum absolute atomic E-state index is 0. The minimum atomic E-state index is -0.729. The van der Waals surface area contributed by atoms with E-state index in [-0.39, 0.29) is 54.2 Å². The molecule has 3 aromatic carbocycles. The number of likely N-dealkylation sites (N-methyl/N-ethyl adjacent to an activating group) is 1. The van der Waals surface area contributed by atoms with Crippen LogP contribution < -0.4 is 30.7 Å². The van der Waals surface area contributed by atoms with Gasteiger partial charge in [0, 0.05) is 47.2 Å². The lowest BCUT2D eigenvalue weighted by atomic mass is 9.98. The number of hydrogen-bond donors (Lipinski definition) is 3. The van der Waals surface area contributed by atoms with Crippen molar-refractivity contribution in [3.8, 4) is 22.6 Å². The van der Waals surface area contributed by atoms with Crippen molar-refractivity contribution in [2.75, 3.05) is 30.9 Å². The van der Waals surface area contributed by atoms with Gasteiger partial charge in [0.2, 0.25) is 5.91 Å². The van der Waals surface area contributed by atoms with Crippen LogP contribution in [0.1, 0.15) is 21.6 Å². The van der Waals surface area contributed by atoms with E-state index in [9.17, 15) is 14.4 Å². The van der Waals surface area contributed by atoms with Crippen molar-refractivity contribution in [1.29, 1.82) is 0 Å². The van der Waals surface area contributed by atoms with Crippen molar-refractivity contribution in [3.05, 3.63) is 106 Å². The number of carbonyl (C=O) groups is 3. The number of halogens is 4. The molecule has 0 aliphatic carbocycles. The van der Waals surface area contributed by atoms with Crippen LogP contribution in [0.15, 0.2) is 79.1 Å². The van der Waals surface area contributed by atoms with Crippen LogP contribution in [0.2, 0.25) is 10.0 Å². The molecule has 0 aliphatic heterocycles. The first-order chi connectivity index (χ1) is 22.6. The van der Waals surface area contributed by atoms with Gasteiger partial charge in [-0.2, -0.15) is 0 Å². The van der Waals surface area contributed by atoms with Gasteiger partial charge in [-0.15, -0.1) is 24.8 Å². The number of pyridine rings is 2. The molecular formula is C34H32Cl4N6O5. The maximum Gasteiger partial charge on any atom is 0.319 e. The predicted octanol–water partition coefficient (Wildman–Crippen LogP) is 7.23. The number of primary amides is 1. The fraction of sp³-hybridized carbons (Fsp3) is 0.147. The molecule has 2 heterocycles. The fourth-order valence-electron chi connectivity index (χ4n) is 4.99. The Kier molecular flexibility index (Phi) is 13.4. The van der Waals surface area contributed by atoms with E-state index < -0.39 is 17.8 Å². The highest BCUT2D eigenvalue weighted by atomic mass is 35.5. The number of hydrogen-bond acceptors (Lipinski definition) is 7. The van der Waals surface area contributed by atoms with Crippen molar-refractivity contribution >= 4 is 88.1 Å². The summed E-state index contributed by atoms with van der Waals surface area (Å²) >= 11 is 13.3. The Hall–Kier alpha value is -4.81. The Bertz CT molecular complexity index is 2000. The lowest BCUT2D eigenvalue weighted by Crippen LogP contribution is -2.40. The van der Waals surface area contributed by atoms with E-state index in [1.807, 2.05) is 25.1 Å². The fourth-order valence-corrected chi connectivity index (χ4v) is 5.60. The molecule has 0 fully saturated rings. The number of anilines is 2. The summed E-state index contributed by atoms with van der Waals surface area (Å²) in [5.41, 5.74) is 9.39. The Labute approximate surface area is 304 Å². The average Bonchev–Trinajstić information content (AvgIpc) is 3.06. The van der Waals surface area contributed by atoms with Gasteiger partial charge < -0.3 is 30.7 Å². The molecule has 2 aromatic heterocycles. The summed E-state index contributed by atoms with van der Waals surface area (Å²) in [6.07, 6.45) is 3.16. The number of nitrogens with one attached hydrogen (secondary N) is 2. The van der Waals surface area contributed by atoms with Gasteiger partial charge in [-0.1, -0.05) is 41.4 Å². The highest BCUT2D eigenvalue weighted by Crippen LogP contribution is 2.36. The van der Waals surface area contributed by atoms with Crippen LogP contribution in [-0.2, 0) is 11.4 Å². The van der Waals surface area contributed by atoms with Gasteiger partial charge in [-0.05, 0) is 60.5 Å². The molecular weight excluding hydrogens is 714 g/mol.